The van der Waals surface area contributed by atoms with Crippen LogP contribution >= 0.6 is 11.6 Å². The molecule has 0 unspecified atom stereocenters. The first kappa shape index (κ1) is 19.9. The first-order chi connectivity index (χ1) is 14.0. The smallest absolute Gasteiger partial charge is 0.254 e. The normalized spacial score (nSPS) is 15.1. The number of hydrogen-bond acceptors (Lipinski definition) is 3. The molecule has 3 aromatic rings. The monoisotopic (exact) mass is 407 g/mol. The molecule has 1 amide bonds. The van der Waals surface area contributed by atoms with Crippen molar-refractivity contribution < 1.29 is 4.79 Å². The fraction of sp³-hybridized carbons (Fsp3) is 0.333. The number of carbonyl (C=O) groups excluding carboxylic acids is 1. The van der Waals surface area contributed by atoms with E-state index in [9.17, 15) is 4.79 Å². The molecule has 1 aliphatic rings. The van der Waals surface area contributed by atoms with Crippen molar-refractivity contribution in [3.8, 4) is 11.3 Å². The van der Waals surface area contributed by atoms with E-state index in [-0.39, 0.29) is 5.91 Å². The van der Waals surface area contributed by atoms with Gasteiger partial charge in [-0.05, 0) is 50.2 Å². The van der Waals surface area contributed by atoms with Crippen LogP contribution in [0.25, 0.3) is 22.2 Å². The number of rotatable bonds is 3. The third-order valence-corrected chi connectivity index (χ3v) is 6.00. The summed E-state index contributed by atoms with van der Waals surface area (Å²) in [7, 11) is 0. The highest BCUT2D eigenvalue weighted by molar-refractivity contribution is 6.31. The van der Waals surface area contributed by atoms with Gasteiger partial charge in [0.1, 0.15) is 0 Å². The summed E-state index contributed by atoms with van der Waals surface area (Å²) >= 11 is 6.26. The zero-order valence-electron chi connectivity index (χ0n) is 17.2. The highest BCUT2D eigenvalue weighted by Crippen LogP contribution is 2.30. The van der Waals surface area contributed by atoms with Crippen molar-refractivity contribution in [2.45, 2.75) is 20.8 Å². The van der Waals surface area contributed by atoms with Gasteiger partial charge >= 0.3 is 0 Å². The topological polar surface area (TPSA) is 36.4 Å². The summed E-state index contributed by atoms with van der Waals surface area (Å²) in [4.78, 5) is 22.7. The number of likely N-dealkylation sites (N-methyl/N-ethyl adjacent to an activating group) is 1. The quantitative estimate of drug-likeness (QED) is 0.616. The number of halogens is 1. The number of amides is 1. The summed E-state index contributed by atoms with van der Waals surface area (Å²) in [5.41, 5.74) is 5.72. The highest BCUT2D eigenvalue weighted by Gasteiger charge is 2.24. The largest absolute Gasteiger partial charge is 0.336 e. The van der Waals surface area contributed by atoms with Crippen LogP contribution in [0.3, 0.4) is 0 Å². The maximum Gasteiger partial charge on any atom is 0.254 e. The minimum absolute atomic E-state index is 0.0569. The fourth-order valence-corrected chi connectivity index (χ4v) is 4.22. The van der Waals surface area contributed by atoms with E-state index in [1.54, 1.807) is 0 Å². The molecule has 0 aliphatic carbocycles. The van der Waals surface area contributed by atoms with Crippen molar-refractivity contribution in [2.24, 2.45) is 0 Å². The zero-order valence-corrected chi connectivity index (χ0v) is 18.0. The molecule has 0 atom stereocenters. The molecule has 1 aromatic heterocycles. The summed E-state index contributed by atoms with van der Waals surface area (Å²) in [6.07, 6.45) is 0. The van der Waals surface area contributed by atoms with Crippen LogP contribution < -0.4 is 0 Å². The Morgan fingerprint density at radius 2 is 1.79 bits per heavy atom. The molecule has 2 aromatic carbocycles. The number of pyridine rings is 1. The maximum absolute atomic E-state index is 13.5. The molecule has 4 rings (SSSR count). The number of nitrogens with zero attached hydrogens (tertiary/aromatic N) is 3. The minimum Gasteiger partial charge on any atom is -0.336 e. The Labute approximate surface area is 177 Å². The third-order valence-electron chi connectivity index (χ3n) is 5.77. The summed E-state index contributed by atoms with van der Waals surface area (Å²) in [5.74, 6) is 0.0569. The number of benzene rings is 2. The van der Waals surface area contributed by atoms with Crippen LogP contribution in [0.1, 0.15) is 28.4 Å². The van der Waals surface area contributed by atoms with Gasteiger partial charge in [-0.15, -0.1) is 0 Å². The Hall–Kier alpha value is -2.43. The number of hydrogen-bond donors (Lipinski definition) is 0. The molecular weight excluding hydrogens is 382 g/mol. The summed E-state index contributed by atoms with van der Waals surface area (Å²) in [5, 5.41) is 1.43. The van der Waals surface area contributed by atoms with Crippen LogP contribution in [0.2, 0.25) is 5.02 Å². The van der Waals surface area contributed by atoms with E-state index in [0.29, 0.717) is 10.6 Å². The van der Waals surface area contributed by atoms with E-state index in [4.69, 9.17) is 16.6 Å². The fourth-order valence-electron chi connectivity index (χ4n) is 4.05. The van der Waals surface area contributed by atoms with Crippen molar-refractivity contribution in [3.05, 3.63) is 64.2 Å². The maximum atomic E-state index is 13.5. The summed E-state index contributed by atoms with van der Waals surface area (Å²) < 4.78 is 0. The van der Waals surface area contributed by atoms with Gasteiger partial charge in [-0.3, -0.25) is 4.79 Å². The number of piperazine rings is 1. The van der Waals surface area contributed by atoms with Gasteiger partial charge in [0, 0.05) is 42.2 Å². The number of aromatic nitrogens is 1. The summed E-state index contributed by atoms with van der Waals surface area (Å²) in [6, 6.07) is 13.8. The molecule has 1 fully saturated rings. The van der Waals surface area contributed by atoms with Gasteiger partial charge in [-0.1, -0.05) is 42.3 Å². The third kappa shape index (κ3) is 4.00. The lowest BCUT2D eigenvalue weighted by molar-refractivity contribution is 0.0645. The standard InChI is InChI=1S/C24H26ClN3O/c1-4-27-9-11-28(12-10-27)24(29)21-15-23(19-7-5-16(2)13-17(19)3)26-22-8-6-18(25)14-20(21)22/h5-8,13-15H,4,9-12H2,1-3H3. The molecule has 1 saturated heterocycles. The van der Waals surface area contributed by atoms with Gasteiger partial charge in [0.05, 0.1) is 16.8 Å². The Morgan fingerprint density at radius 1 is 1.03 bits per heavy atom. The Morgan fingerprint density at radius 3 is 2.48 bits per heavy atom. The lowest BCUT2D eigenvalue weighted by Crippen LogP contribution is -2.48. The molecule has 29 heavy (non-hydrogen) atoms. The molecule has 4 nitrogen and oxygen atoms in total. The Balaban J connectivity index is 1.81. The highest BCUT2D eigenvalue weighted by atomic mass is 35.5. The van der Waals surface area contributed by atoms with E-state index < -0.39 is 0 Å². The van der Waals surface area contributed by atoms with Crippen molar-refractivity contribution in [3.63, 3.8) is 0 Å². The van der Waals surface area contributed by atoms with Crippen molar-refractivity contribution in [1.82, 2.24) is 14.8 Å². The number of aryl methyl sites for hydroxylation is 2. The average Bonchev–Trinajstić information content (AvgIpc) is 2.72. The second-order valence-electron chi connectivity index (χ2n) is 7.76. The van der Waals surface area contributed by atoms with E-state index in [2.05, 4.69) is 43.9 Å². The molecule has 0 saturated carbocycles. The molecule has 5 heteroatoms. The van der Waals surface area contributed by atoms with Crippen LogP contribution in [-0.2, 0) is 0 Å². The van der Waals surface area contributed by atoms with E-state index in [0.717, 1.165) is 60.4 Å². The van der Waals surface area contributed by atoms with Crippen molar-refractivity contribution in [1.29, 1.82) is 0 Å². The van der Waals surface area contributed by atoms with Crippen LogP contribution in [0.15, 0.2) is 42.5 Å². The average molecular weight is 408 g/mol. The molecule has 0 N–H and O–H groups in total. The van der Waals surface area contributed by atoms with Gasteiger partial charge in [0.2, 0.25) is 0 Å². The van der Waals surface area contributed by atoms with Gasteiger partial charge in [-0.2, -0.15) is 0 Å². The predicted octanol–water partition coefficient (Wildman–Crippen LogP) is 4.95. The van der Waals surface area contributed by atoms with Crippen LogP contribution in [0, 0.1) is 13.8 Å². The van der Waals surface area contributed by atoms with E-state index in [1.165, 1.54) is 5.56 Å². The second-order valence-corrected chi connectivity index (χ2v) is 8.20. The first-order valence-electron chi connectivity index (χ1n) is 10.2. The van der Waals surface area contributed by atoms with Gasteiger partial charge < -0.3 is 9.80 Å². The van der Waals surface area contributed by atoms with Crippen molar-refractivity contribution >= 4 is 28.4 Å². The van der Waals surface area contributed by atoms with Crippen molar-refractivity contribution in [2.75, 3.05) is 32.7 Å². The molecule has 0 radical (unpaired) electrons. The zero-order chi connectivity index (χ0) is 20.5. The molecule has 0 bridgehead atoms. The Kier molecular flexibility index (Phi) is 5.57. The van der Waals surface area contributed by atoms with Gasteiger partial charge in [0.15, 0.2) is 0 Å². The van der Waals surface area contributed by atoms with Gasteiger partial charge in [0.25, 0.3) is 5.91 Å². The number of fused-ring (bicyclic) bond motifs is 1. The predicted molar refractivity (Wildman–Crippen MR) is 120 cm³/mol. The Bertz CT molecular complexity index is 1070. The minimum atomic E-state index is 0.0569. The van der Waals surface area contributed by atoms with E-state index >= 15 is 0 Å². The molecule has 1 aliphatic heterocycles. The lowest BCUT2D eigenvalue weighted by Gasteiger charge is -2.34. The molecule has 150 valence electrons. The molecular formula is C24H26ClN3O. The van der Waals surface area contributed by atoms with Crippen LogP contribution in [0.5, 0.6) is 0 Å². The van der Waals surface area contributed by atoms with Crippen LogP contribution in [-0.4, -0.2) is 53.4 Å². The second kappa shape index (κ2) is 8.13. The van der Waals surface area contributed by atoms with E-state index in [1.807, 2.05) is 29.2 Å². The molecule has 0 spiro atoms. The first-order valence-corrected chi connectivity index (χ1v) is 10.5. The SMILES string of the molecule is CCN1CCN(C(=O)c2cc(-c3ccc(C)cc3C)nc3ccc(Cl)cc23)CC1. The van der Waals surface area contributed by atoms with Gasteiger partial charge in [-0.25, -0.2) is 4.98 Å². The van der Waals surface area contributed by atoms with Crippen LogP contribution in [0.4, 0.5) is 0 Å². The lowest BCUT2D eigenvalue weighted by atomic mass is 9.99. The summed E-state index contributed by atoms with van der Waals surface area (Å²) in [6.45, 7) is 10.7. The number of carbonyl (C=O) groups is 1. The molecule has 2 heterocycles.